The third-order valence-corrected chi connectivity index (χ3v) is 6.51. The maximum absolute atomic E-state index is 12.7. The van der Waals surface area contributed by atoms with Crippen LogP contribution in [0.4, 0.5) is 5.82 Å². The molecule has 2 amide bonds. The molecule has 3 N–H and O–H groups in total. The zero-order chi connectivity index (χ0) is 26.2. The summed E-state index contributed by atoms with van der Waals surface area (Å²) in [7, 11) is 0. The van der Waals surface area contributed by atoms with Crippen LogP contribution in [0.15, 0.2) is 41.1 Å². The molecule has 5 rings (SSSR count). The van der Waals surface area contributed by atoms with Crippen molar-refractivity contribution in [3.05, 3.63) is 53.8 Å². The summed E-state index contributed by atoms with van der Waals surface area (Å²) in [5, 5.41) is 18.6. The van der Waals surface area contributed by atoms with E-state index in [0.717, 1.165) is 47.3 Å². The number of H-pyrrole nitrogens is 1. The number of hydrogen-bond acceptors (Lipinski definition) is 8. The van der Waals surface area contributed by atoms with Gasteiger partial charge in [-0.1, -0.05) is 50.2 Å². The van der Waals surface area contributed by atoms with Crippen LogP contribution in [-0.2, 0) is 10.2 Å². The Morgan fingerprint density at radius 3 is 2.70 bits per heavy atom. The Balaban J connectivity index is 1.33. The van der Waals surface area contributed by atoms with E-state index in [1.54, 1.807) is 11.1 Å². The summed E-state index contributed by atoms with van der Waals surface area (Å²) in [6.07, 6.45) is 3.49. The molecule has 0 spiro atoms. The number of aromatic nitrogens is 5. The number of likely N-dealkylation sites (tertiary alicyclic amines) is 1. The highest BCUT2D eigenvalue weighted by Crippen LogP contribution is 2.33. The van der Waals surface area contributed by atoms with Gasteiger partial charge in [-0.2, -0.15) is 10.1 Å². The van der Waals surface area contributed by atoms with Crippen molar-refractivity contribution in [2.75, 3.05) is 18.4 Å². The maximum Gasteiger partial charge on any atom is 0.293 e. The van der Waals surface area contributed by atoms with E-state index in [9.17, 15) is 9.59 Å². The van der Waals surface area contributed by atoms with Gasteiger partial charge in [0, 0.05) is 30.7 Å². The molecular formula is C26H30N8O3. The van der Waals surface area contributed by atoms with Gasteiger partial charge in [0.15, 0.2) is 11.5 Å². The van der Waals surface area contributed by atoms with Crippen molar-refractivity contribution in [1.82, 2.24) is 35.5 Å². The average molecular weight is 503 g/mol. The molecule has 0 aliphatic carbocycles. The number of rotatable bonds is 7. The van der Waals surface area contributed by atoms with E-state index in [1.165, 1.54) is 0 Å². The van der Waals surface area contributed by atoms with Crippen LogP contribution in [0.3, 0.4) is 0 Å². The molecule has 3 aromatic heterocycles. The Labute approximate surface area is 214 Å². The Morgan fingerprint density at radius 2 is 2.03 bits per heavy atom. The first-order valence-electron chi connectivity index (χ1n) is 12.3. The summed E-state index contributed by atoms with van der Waals surface area (Å²) in [4.78, 5) is 34.1. The van der Waals surface area contributed by atoms with E-state index in [-0.39, 0.29) is 29.2 Å². The first-order valence-corrected chi connectivity index (χ1v) is 12.3. The first-order chi connectivity index (χ1) is 17.7. The number of hydrogen-bond donors (Lipinski definition) is 3. The van der Waals surface area contributed by atoms with Crippen LogP contribution in [0.1, 0.15) is 62.2 Å². The summed E-state index contributed by atoms with van der Waals surface area (Å²) in [6.45, 7) is 9.12. The van der Waals surface area contributed by atoms with E-state index < -0.39 is 0 Å². The van der Waals surface area contributed by atoms with Crippen LogP contribution in [0.5, 0.6) is 0 Å². The molecule has 0 saturated carbocycles. The lowest BCUT2D eigenvalue weighted by atomic mass is 9.97. The molecule has 0 bridgehead atoms. The van der Waals surface area contributed by atoms with E-state index >= 15 is 0 Å². The fourth-order valence-corrected chi connectivity index (χ4v) is 4.41. The van der Waals surface area contributed by atoms with E-state index in [2.05, 4.69) is 36.0 Å². The number of amides is 2. The number of nitrogens with zero attached hydrogens (tertiary/aromatic N) is 5. The smallest absolute Gasteiger partial charge is 0.293 e. The summed E-state index contributed by atoms with van der Waals surface area (Å²) >= 11 is 0. The van der Waals surface area contributed by atoms with Gasteiger partial charge in [-0.3, -0.25) is 14.7 Å². The van der Waals surface area contributed by atoms with Gasteiger partial charge in [0.25, 0.3) is 11.7 Å². The highest BCUT2D eigenvalue weighted by Gasteiger charge is 2.25. The lowest BCUT2D eigenvalue weighted by molar-refractivity contribution is -0.117. The zero-order valence-corrected chi connectivity index (χ0v) is 21.3. The van der Waals surface area contributed by atoms with Gasteiger partial charge >= 0.3 is 0 Å². The van der Waals surface area contributed by atoms with Crippen LogP contribution in [0.25, 0.3) is 22.2 Å². The molecule has 1 saturated heterocycles. The minimum atomic E-state index is -0.388. The van der Waals surface area contributed by atoms with Gasteiger partial charge in [-0.25, -0.2) is 4.98 Å². The fraction of sp³-hybridized carbons (Fsp3) is 0.385. The predicted octanol–water partition coefficient (Wildman–Crippen LogP) is 3.44. The molecule has 37 heavy (non-hydrogen) atoms. The van der Waals surface area contributed by atoms with Gasteiger partial charge in [0.1, 0.15) is 0 Å². The van der Waals surface area contributed by atoms with Crippen LogP contribution in [0, 0.1) is 0 Å². The normalized spacial score (nSPS) is 16.6. The molecule has 2 atom stereocenters. The highest BCUT2D eigenvalue weighted by molar-refractivity contribution is 6.00. The van der Waals surface area contributed by atoms with Crippen LogP contribution in [0.2, 0.25) is 0 Å². The SMILES string of the molecule is C[C@H](NC(=O)c1noc(C(C)(C)C)n1)c1ccc(-c2ccnc3[nH]nc(N[C@@H]4CCN(C=O)C4)c23)cc1. The number of carbonyl (C=O) groups is 2. The Hall–Kier alpha value is -4.28. The summed E-state index contributed by atoms with van der Waals surface area (Å²) in [6, 6.07) is 9.82. The molecule has 192 valence electrons. The minimum absolute atomic E-state index is 0.0195. The van der Waals surface area contributed by atoms with Crippen molar-refractivity contribution in [3.63, 3.8) is 0 Å². The van der Waals surface area contributed by atoms with Crippen molar-refractivity contribution < 1.29 is 14.1 Å². The average Bonchev–Trinajstić information content (AvgIpc) is 3.64. The number of anilines is 1. The quantitative estimate of drug-likeness (QED) is 0.326. The lowest BCUT2D eigenvalue weighted by Crippen LogP contribution is -2.27. The van der Waals surface area contributed by atoms with Gasteiger partial charge in [0.05, 0.1) is 11.4 Å². The van der Waals surface area contributed by atoms with E-state index in [4.69, 9.17) is 4.52 Å². The number of aromatic amines is 1. The monoisotopic (exact) mass is 502 g/mol. The van der Waals surface area contributed by atoms with E-state index in [1.807, 2.05) is 58.0 Å². The molecule has 1 aliphatic heterocycles. The molecule has 4 heterocycles. The molecule has 4 aromatic rings. The van der Waals surface area contributed by atoms with Crippen molar-refractivity contribution in [1.29, 1.82) is 0 Å². The molecule has 1 fully saturated rings. The van der Waals surface area contributed by atoms with E-state index in [0.29, 0.717) is 18.1 Å². The standard InChI is InChI=1S/C26H30N8O3/c1-15(28-24(36)23-30-25(37-33-23)26(2,3)4)16-5-7-17(8-6-16)19-9-11-27-21-20(19)22(32-31-21)29-18-10-12-34(13-18)14-35/h5-9,11,14-15,18H,10,12-13H2,1-4H3,(H,28,36)(H2,27,29,31,32)/t15-,18+/m0/s1. The third kappa shape index (κ3) is 5.02. The number of carbonyl (C=O) groups excluding carboxylic acids is 2. The molecule has 1 aromatic carbocycles. The summed E-state index contributed by atoms with van der Waals surface area (Å²) in [5.41, 5.74) is 3.27. The van der Waals surface area contributed by atoms with Gasteiger partial charge in [0.2, 0.25) is 12.3 Å². The lowest BCUT2D eigenvalue weighted by Gasteiger charge is -2.15. The Kier molecular flexibility index (Phi) is 6.36. The fourth-order valence-electron chi connectivity index (χ4n) is 4.41. The van der Waals surface area contributed by atoms with Crippen LogP contribution < -0.4 is 10.6 Å². The minimum Gasteiger partial charge on any atom is -0.363 e. The largest absolute Gasteiger partial charge is 0.363 e. The van der Waals surface area contributed by atoms with Crippen molar-refractivity contribution >= 4 is 29.2 Å². The summed E-state index contributed by atoms with van der Waals surface area (Å²) in [5.74, 6) is 0.766. The summed E-state index contributed by atoms with van der Waals surface area (Å²) < 4.78 is 5.24. The first kappa shape index (κ1) is 24.4. The number of nitrogens with one attached hydrogen (secondary N) is 3. The van der Waals surface area contributed by atoms with Crippen LogP contribution in [-0.4, -0.2) is 61.7 Å². The second-order valence-corrected chi connectivity index (χ2v) is 10.4. The number of benzene rings is 1. The molecule has 11 heteroatoms. The maximum atomic E-state index is 12.7. The number of fused-ring (bicyclic) bond motifs is 1. The van der Waals surface area contributed by atoms with Crippen molar-refractivity contribution in [3.8, 4) is 11.1 Å². The topological polar surface area (TPSA) is 142 Å². The van der Waals surface area contributed by atoms with Gasteiger partial charge in [-0.05, 0) is 36.1 Å². The van der Waals surface area contributed by atoms with Crippen molar-refractivity contribution in [2.24, 2.45) is 0 Å². The van der Waals surface area contributed by atoms with Crippen molar-refractivity contribution in [2.45, 2.75) is 51.6 Å². The van der Waals surface area contributed by atoms with Crippen LogP contribution >= 0.6 is 0 Å². The molecule has 1 aliphatic rings. The van der Waals surface area contributed by atoms with Gasteiger partial charge < -0.3 is 20.1 Å². The molecule has 11 nitrogen and oxygen atoms in total. The second kappa shape index (κ2) is 9.64. The van der Waals surface area contributed by atoms with Gasteiger partial charge in [-0.15, -0.1) is 0 Å². The third-order valence-electron chi connectivity index (χ3n) is 6.51. The molecular weight excluding hydrogens is 472 g/mol. The Morgan fingerprint density at radius 1 is 1.24 bits per heavy atom. The second-order valence-electron chi connectivity index (χ2n) is 10.4. The molecule has 0 radical (unpaired) electrons. The predicted molar refractivity (Wildman–Crippen MR) is 138 cm³/mol. The number of pyridine rings is 1. The molecule has 0 unspecified atom stereocenters. The zero-order valence-electron chi connectivity index (χ0n) is 21.3. The Bertz CT molecular complexity index is 1420. The highest BCUT2D eigenvalue weighted by atomic mass is 16.5.